The second-order valence-corrected chi connectivity index (χ2v) is 4.54. The van der Waals surface area contributed by atoms with Crippen molar-refractivity contribution in [2.24, 2.45) is 0 Å². The van der Waals surface area contributed by atoms with Crippen LogP contribution in [0.25, 0.3) is 0 Å². The van der Waals surface area contributed by atoms with Crippen LogP contribution in [0.3, 0.4) is 0 Å². The summed E-state index contributed by atoms with van der Waals surface area (Å²) in [5.41, 5.74) is 1.25. The molecule has 1 aliphatic heterocycles. The minimum absolute atomic E-state index is 0.328. The SMILES string of the molecule is COc1cccc(C(C)NCC2CCCO2)c1. The van der Waals surface area contributed by atoms with Gasteiger partial charge in [0.25, 0.3) is 0 Å². The Kier molecular flexibility index (Phi) is 4.40. The van der Waals surface area contributed by atoms with Crippen LogP contribution in [0.15, 0.2) is 24.3 Å². The van der Waals surface area contributed by atoms with Gasteiger partial charge in [-0.25, -0.2) is 0 Å². The summed E-state index contributed by atoms with van der Waals surface area (Å²) >= 11 is 0. The summed E-state index contributed by atoms with van der Waals surface area (Å²) in [6, 6.07) is 8.52. The van der Waals surface area contributed by atoms with E-state index in [-0.39, 0.29) is 0 Å². The molecule has 1 aromatic rings. The quantitative estimate of drug-likeness (QED) is 0.850. The summed E-state index contributed by atoms with van der Waals surface area (Å²) < 4.78 is 10.8. The first-order chi connectivity index (χ1) is 8.29. The Balaban J connectivity index is 1.87. The molecule has 2 rings (SSSR count). The first-order valence-corrected chi connectivity index (χ1v) is 6.28. The molecule has 1 heterocycles. The molecule has 2 atom stereocenters. The van der Waals surface area contributed by atoms with Crippen LogP contribution in [-0.2, 0) is 4.74 Å². The first kappa shape index (κ1) is 12.4. The Hall–Kier alpha value is -1.06. The van der Waals surface area contributed by atoms with Crippen LogP contribution in [0, 0.1) is 0 Å². The highest BCUT2D eigenvalue weighted by atomic mass is 16.5. The summed E-state index contributed by atoms with van der Waals surface area (Å²) in [6.07, 6.45) is 2.76. The Labute approximate surface area is 103 Å². The first-order valence-electron chi connectivity index (χ1n) is 6.28. The maximum absolute atomic E-state index is 5.60. The fourth-order valence-corrected chi connectivity index (χ4v) is 2.14. The highest BCUT2D eigenvalue weighted by Gasteiger charge is 2.16. The van der Waals surface area contributed by atoms with Gasteiger partial charge in [0.1, 0.15) is 5.75 Å². The molecule has 0 spiro atoms. The third kappa shape index (κ3) is 3.45. The van der Waals surface area contributed by atoms with Crippen molar-refractivity contribution in [3.63, 3.8) is 0 Å². The van der Waals surface area contributed by atoms with Gasteiger partial charge in [0.05, 0.1) is 13.2 Å². The van der Waals surface area contributed by atoms with Gasteiger partial charge >= 0.3 is 0 Å². The van der Waals surface area contributed by atoms with Gasteiger partial charge < -0.3 is 14.8 Å². The average molecular weight is 235 g/mol. The molecule has 0 radical (unpaired) electrons. The Morgan fingerprint density at radius 1 is 1.53 bits per heavy atom. The number of hydrogen-bond donors (Lipinski definition) is 1. The smallest absolute Gasteiger partial charge is 0.119 e. The lowest BCUT2D eigenvalue weighted by molar-refractivity contribution is 0.108. The van der Waals surface area contributed by atoms with Gasteiger partial charge in [-0.15, -0.1) is 0 Å². The van der Waals surface area contributed by atoms with Crippen LogP contribution in [-0.4, -0.2) is 26.4 Å². The van der Waals surface area contributed by atoms with E-state index in [1.807, 2.05) is 12.1 Å². The largest absolute Gasteiger partial charge is 0.497 e. The molecule has 1 saturated heterocycles. The fraction of sp³-hybridized carbons (Fsp3) is 0.571. The van der Waals surface area contributed by atoms with E-state index in [2.05, 4.69) is 24.4 Å². The van der Waals surface area contributed by atoms with E-state index in [4.69, 9.17) is 9.47 Å². The van der Waals surface area contributed by atoms with Crippen LogP contribution in [0.4, 0.5) is 0 Å². The Morgan fingerprint density at radius 2 is 2.41 bits per heavy atom. The van der Waals surface area contributed by atoms with Crippen molar-refractivity contribution in [3.05, 3.63) is 29.8 Å². The normalized spacial score (nSPS) is 21.4. The Morgan fingerprint density at radius 3 is 3.12 bits per heavy atom. The van der Waals surface area contributed by atoms with Crippen molar-refractivity contribution >= 4 is 0 Å². The van der Waals surface area contributed by atoms with Crippen LogP contribution >= 0.6 is 0 Å². The minimum atomic E-state index is 0.328. The van der Waals surface area contributed by atoms with Crippen molar-refractivity contribution in [2.45, 2.75) is 31.9 Å². The van der Waals surface area contributed by atoms with E-state index in [1.165, 1.54) is 18.4 Å². The summed E-state index contributed by atoms with van der Waals surface area (Å²) in [6.45, 7) is 4.02. The molecule has 0 aliphatic carbocycles. The monoisotopic (exact) mass is 235 g/mol. The number of hydrogen-bond acceptors (Lipinski definition) is 3. The second-order valence-electron chi connectivity index (χ2n) is 4.54. The van der Waals surface area contributed by atoms with Crippen molar-refractivity contribution in [3.8, 4) is 5.75 Å². The molecule has 3 heteroatoms. The topological polar surface area (TPSA) is 30.5 Å². The zero-order valence-corrected chi connectivity index (χ0v) is 10.6. The Bertz CT molecular complexity index is 348. The van der Waals surface area contributed by atoms with Crippen LogP contribution < -0.4 is 10.1 Å². The summed E-state index contributed by atoms with van der Waals surface area (Å²) in [4.78, 5) is 0. The van der Waals surface area contributed by atoms with E-state index >= 15 is 0 Å². The van der Waals surface area contributed by atoms with Crippen molar-refractivity contribution < 1.29 is 9.47 Å². The number of nitrogens with one attached hydrogen (secondary N) is 1. The highest BCUT2D eigenvalue weighted by molar-refractivity contribution is 5.30. The summed E-state index contributed by atoms with van der Waals surface area (Å²) in [7, 11) is 1.70. The third-order valence-corrected chi connectivity index (χ3v) is 3.27. The zero-order chi connectivity index (χ0) is 12.1. The van der Waals surface area contributed by atoms with Gasteiger partial charge in [-0.05, 0) is 37.5 Å². The van der Waals surface area contributed by atoms with Crippen LogP contribution in [0.2, 0.25) is 0 Å². The lowest BCUT2D eigenvalue weighted by atomic mass is 10.1. The third-order valence-electron chi connectivity index (χ3n) is 3.27. The lowest BCUT2D eigenvalue weighted by Gasteiger charge is -2.17. The van der Waals surface area contributed by atoms with Crippen LogP contribution in [0.5, 0.6) is 5.75 Å². The van der Waals surface area contributed by atoms with E-state index in [0.717, 1.165) is 18.9 Å². The van der Waals surface area contributed by atoms with Gasteiger partial charge in [-0.1, -0.05) is 12.1 Å². The molecule has 17 heavy (non-hydrogen) atoms. The molecular weight excluding hydrogens is 214 g/mol. The summed E-state index contributed by atoms with van der Waals surface area (Å²) in [5, 5.41) is 3.51. The maximum Gasteiger partial charge on any atom is 0.119 e. The van der Waals surface area contributed by atoms with Gasteiger partial charge in [0.2, 0.25) is 0 Å². The number of methoxy groups -OCH3 is 1. The van der Waals surface area contributed by atoms with Gasteiger partial charge in [0.15, 0.2) is 0 Å². The number of ether oxygens (including phenoxy) is 2. The van der Waals surface area contributed by atoms with E-state index < -0.39 is 0 Å². The standard InChI is InChI=1S/C14H21NO2/c1-11(15-10-14-7-4-8-17-14)12-5-3-6-13(9-12)16-2/h3,5-6,9,11,14-15H,4,7-8,10H2,1-2H3. The van der Waals surface area contributed by atoms with Gasteiger partial charge in [-0.3, -0.25) is 0 Å². The highest BCUT2D eigenvalue weighted by Crippen LogP contribution is 2.19. The maximum atomic E-state index is 5.60. The molecule has 1 fully saturated rings. The molecule has 0 aromatic heterocycles. The number of benzene rings is 1. The average Bonchev–Trinajstić information content (AvgIpc) is 2.89. The second kappa shape index (κ2) is 6.03. The molecule has 3 nitrogen and oxygen atoms in total. The predicted molar refractivity (Wildman–Crippen MR) is 68.4 cm³/mol. The molecule has 0 amide bonds. The predicted octanol–water partition coefficient (Wildman–Crippen LogP) is 2.52. The minimum Gasteiger partial charge on any atom is -0.497 e. The molecule has 0 bridgehead atoms. The fourth-order valence-electron chi connectivity index (χ4n) is 2.14. The molecular formula is C14H21NO2. The molecule has 2 unspecified atom stereocenters. The lowest BCUT2D eigenvalue weighted by Crippen LogP contribution is -2.28. The van der Waals surface area contributed by atoms with Crippen molar-refractivity contribution in [2.75, 3.05) is 20.3 Å². The van der Waals surface area contributed by atoms with E-state index in [9.17, 15) is 0 Å². The van der Waals surface area contributed by atoms with Gasteiger partial charge in [-0.2, -0.15) is 0 Å². The molecule has 94 valence electrons. The van der Waals surface area contributed by atoms with Crippen molar-refractivity contribution in [1.29, 1.82) is 0 Å². The van der Waals surface area contributed by atoms with Crippen LogP contribution in [0.1, 0.15) is 31.4 Å². The molecule has 0 saturated carbocycles. The van der Waals surface area contributed by atoms with Gasteiger partial charge in [0, 0.05) is 19.2 Å². The molecule has 1 aromatic carbocycles. The zero-order valence-electron chi connectivity index (χ0n) is 10.6. The number of rotatable bonds is 5. The molecule has 1 aliphatic rings. The molecule has 1 N–H and O–H groups in total. The summed E-state index contributed by atoms with van der Waals surface area (Å²) in [5.74, 6) is 0.910. The van der Waals surface area contributed by atoms with E-state index in [1.54, 1.807) is 7.11 Å². The van der Waals surface area contributed by atoms with Crippen molar-refractivity contribution in [1.82, 2.24) is 5.32 Å². The van der Waals surface area contributed by atoms with E-state index in [0.29, 0.717) is 12.1 Å².